The Balaban J connectivity index is 1.86. The largest absolute Gasteiger partial charge is 0.512 e. The summed E-state index contributed by atoms with van der Waals surface area (Å²) >= 11 is 2.00. The molecule has 1 N–H and O–H groups in total. The first-order valence-electron chi connectivity index (χ1n) is 7.83. The van der Waals surface area contributed by atoms with Crippen LogP contribution < -0.4 is 0 Å². The quantitative estimate of drug-likeness (QED) is 0.125. The second-order valence-electron chi connectivity index (χ2n) is 5.28. The number of ether oxygens (including phenoxy) is 2. The summed E-state index contributed by atoms with van der Waals surface area (Å²) in [6.07, 6.45) is 0. The molecular formula is C17H15N3O6S2. The third-order valence-electron chi connectivity index (χ3n) is 3.25. The van der Waals surface area contributed by atoms with Gasteiger partial charge < -0.3 is 14.6 Å². The Bertz CT molecular complexity index is 981. The number of carbonyl (C=O) groups is 3. The van der Waals surface area contributed by atoms with E-state index in [4.69, 9.17) is 15.0 Å². The lowest BCUT2D eigenvalue weighted by Crippen LogP contribution is -2.13. The number of carbonyl (C=O) groups excluding carboxylic acids is 3. The van der Waals surface area contributed by atoms with Gasteiger partial charge in [0.25, 0.3) is 0 Å². The van der Waals surface area contributed by atoms with Crippen LogP contribution in [0.1, 0.15) is 38.1 Å². The third-order valence-corrected chi connectivity index (χ3v) is 5.29. The summed E-state index contributed by atoms with van der Waals surface area (Å²) in [6, 6.07) is 6.01. The fourth-order valence-electron chi connectivity index (χ4n) is 2.13. The molecule has 2 rings (SSSR count). The molecule has 0 spiro atoms. The van der Waals surface area contributed by atoms with Gasteiger partial charge in [-0.3, -0.25) is 4.79 Å². The van der Waals surface area contributed by atoms with Crippen molar-refractivity contribution in [1.82, 2.24) is 0 Å². The van der Waals surface area contributed by atoms with Crippen LogP contribution in [-0.2, 0) is 14.3 Å². The number of hydrogen-bond acceptors (Lipinski definition) is 9. The van der Waals surface area contributed by atoms with E-state index in [0.29, 0.717) is 9.88 Å². The molecule has 2 heterocycles. The van der Waals surface area contributed by atoms with Crippen molar-refractivity contribution >= 4 is 51.0 Å². The van der Waals surface area contributed by atoms with Crippen LogP contribution in [0.5, 0.6) is 0 Å². The van der Waals surface area contributed by atoms with Crippen molar-refractivity contribution in [2.45, 2.75) is 13.8 Å². The van der Waals surface area contributed by atoms with Crippen molar-refractivity contribution in [3.8, 4) is 0 Å². The minimum atomic E-state index is -0.632. The van der Waals surface area contributed by atoms with Gasteiger partial charge in [0.1, 0.15) is 28.7 Å². The average molecular weight is 421 g/mol. The normalized spacial score (nSPS) is 11.2. The van der Waals surface area contributed by atoms with Gasteiger partial charge in [-0.1, -0.05) is 0 Å². The highest BCUT2D eigenvalue weighted by Crippen LogP contribution is 2.27. The molecule has 146 valence electrons. The Hall–Kier alpha value is -3.14. The minimum absolute atomic E-state index is 0.127. The molecule has 9 nitrogen and oxygen atoms in total. The molecule has 0 aromatic carbocycles. The number of esters is 2. The first-order chi connectivity index (χ1) is 13.3. The second-order valence-corrected chi connectivity index (χ2v) is 7.43. The molecule has 0 aliphatic heterocycles. The summed E-state index contributed by atoms with van der Waals surface area (Å²) in [6.45, 7) is 2.42. The summed E-state index contributed by atoms with van der Waals surface area (Å²) in [5.41, 5.74) is 8.49. The van der Waals surface area contributed by atoms with Crippen molar-refractivity contribution in [2.75, 3.05) is 13.2 Å². The highest BCUT2D eigenvalue weighted by molar-refractivity contribution is 7.17. The van der Waals surface area contributed by atoms with Gasteiger partial charge in [0.2, 0.25) is 0 Å². The van der Waals surface area contributed by atoms with Crippen molar-refractivity contribution in [3.63, 3.8) is 0 Å². The zero-order valence-electron chi connectivity index (χ0n) is 14.9. The van der Waals surface area contributed by atoms with Crippen LogP contribution in [0.15, 0.2) is 35.1 Å². The number of Topliss-reactive ketones (excluding diaryl/α,β-unsaturated/α-hetero) is 1. The summed E-state index contributed by atoms with van der Waals surface area (Å²) in [7, 11) is 0. The number of ketones is 1. The van der Waals surface area contributed by atoms with E-state index in [1.807, 2.05) is 0 Å². The molecule has 0 saturated heterocycles. The Morgan fingerprint density at radius 3 is 2.07 bits per heavy atom. The molecule has 0 bridgehead atoms. The van der Waals surface area contributed by atoms with Crippen molar-refractivity contribution < 1.29 is 29.0 Å². The zero-order valence-corrected chi connectivity index (χ0v) is 16.5. The summed E-state index contributed by atoms with van der Waals surface area (Å²) in [4.78, 5) is 39.1. The molecule has 0 fully saturated rings. The molecule has 0 aliphatic carbocycles. The van der Waals surface area contributed by atoms with Gasteiger partial charge in [-0.05, 0) is 48.8 Å². The first kappa shape index (κ1) is 21.2. The van der Waals surface area contributed by atoms with E-state index in [9.17, 15) is 19.5 Å². The van der Waals surface area contributed by atoms with Gasteiger partial charge in [-0.25, -0.2) is 9.59 Å². The molecule has 2 aromatic heterocycles. The maximum absolute atomic E-state index is 12.1. The van der Waals surface area contributed by atoms with E-state index < -0.39 is 11.9 Å². The van der Waals surface area contributed by atoms with Gasteiger partial charge in [0.05, 0.1) is 10.6 Å². The molecule has 28 heavy (non-hydrogen) atoms. The van der Waals surface area contributed by atoms with Gasteiger partial charge in [-0.15, -0.1) is 22.7 Å². The van der Waals surface area contributed by atoms with Gasteiger partial charge in [0.15, 0.2) is 5.78 Å². The Labute approximate surface area is 167 Å². The molecule has 0 aliphatic rings. The van der Waals surface area contributed by atoms with E-state index in [1.165, 1.54) is 32.0 Å². The smallest absolute Gasteiger partial charge is 0.348 e. The van der Waals surface area contributed by atoms with Crippen molar-refractivity contribution in [3.05, 3.63) is 55.1 Å². The second kappa shape index (κ2) is 9.70. The van der Waals surface area contributed by atoms with Crippen LogP contribution in [0, 0.1) is 0 Å². The van der Waals surface area contributed by atoms with Crippen LogP contribution in [0.4, 0.5) is 5.00 Å². The highest BCUT2D eigenvalue weighted by atomic mass is 32.1. The molecule has 2 aromatic rings. The van der Waals surface area contributed by atoms with Crippen LogP contribution in [0.2, 0.25) is 0 Å². The van der Waals surface area contributed by atoms with Crippen molar-refractivity contribution in [1.29, 1.82) is 0 Å². The van der Waals surface area contributed by atoms with Crippen LogP contribution in [-0.4, -0.2) is 36.0 Å². The number of aliphatic hydroxyl groups is 1. The molecule has 0 amide bonds. The monoisotopic (exact) mass is 421 g/mol. The number of hydrogen-bond donors (Lipinski definition) is 1. The molecular weight excluding hydrogens is 406 g/mol. The van der Waals surface area contributed by atoms with E-state index in [1.54, 1.807) is 6.07 Å². The van der Waals surface area contributed by atoms with Crippen LogP contribution in [0.3, 0.4) is 0 Å². The maximum Gasteiger partial charge on any atom is 0.348 e. The average Bonchev–Trinajstić information content (AvgIpc) is 3.28. The first-order valence-corrected chi connectivity index (χ1v) is 9.47. The van der Waals surface area contributed by atoms with Gasteiger partial charge >= 0.3 is 11.9 Å². The fraction of sp³-hybridized carbons (Fsp3) is 0.235. The summed E-state index contributed by atoms with van der Waals surface area (Å²) in [5, 5.41) is 13.3. The summed E-state index contributed by atoms with van der Waals surface area (Å²) < 4.78 is 10.0. The third kappa shape index (κ3) is 5.43. The predicted molar refractivity (Wildman–Crippen MR) is 104 cm³/mol. The Morgan fingerprint density at radius 1 is 1.00 bits per heavy atom. The highest BCUT2D eigenvalue weighted by Gasteiger charge is 2.17. The SMILES string of the molecule is CC(=O)/C(=C(/C)O)c1ccc(C(=O)OCCOC(=O)c2ccc(N=[N+]=[N-])s2)s1. The van der Waals surface area contributed by atoms with E-state index in [-0.39, 0.29) is 40.1 Å². The van der Waals surface area contributed by atoms with E-state index in [0.717, 1.165) is 22.7 Å². The number of thiophene rings is 2. The molecule has 0 unspecified atom stereocenters. The molecule has 0 radical (unpaired) electrons. The fourth-order valence-corrected chi connectivity index (χ4v) is 3.90. The van der Waals surface area contributed by atoms with Crippen LogP contribution >= 0.6 is 22.7 Å². The topological polar surface area (TPSA) is 139 Å². The number of azide groups is 1. The maximum atomic E-state index is 12.1. The number of allylic oxidation sites excluding steroid dienone is 2. The number of aliphatic hydroxyl groups excluding tert-OH is 1. The minimum Gasteiger partial charge on any atom is -0.512 e. The predicted octanol–water partition coefficient (Wildman–Crippen LogP) is 4.64. The van der Waals surface area contributed by atoms with E-state index in [2.05, 4.69) is 10.0 Å². The summed E-state index contributed by atoms with van der Waals surface area (Å²) in [5.74, 6) is -1.69. The lowest BCUT2D eigenvalue weighted by molar-refractivity contribution is -0.111. The number of nitrogens with zero attached hydrogens (tertiary/aromatic N) is 3. The van der Waals surface area contributed by atoms with E-state index >= 15 is 0 Å². The molecule has 0 atom stereocenters. The zero-order chi connectivity index (χ0) is 20.7. The number of rotatable bonds is 8. The molecule has 0 saturated carbocycles. The Morgan fingerprint density at radius 2 is 1.54 bits per heavy atom. The van der Waals surface area contributed by atoms with Crippen molar-refractivity contribution in [2.24, 2.45) is 5.11 Å². The lowest BCUT2D eigenvalue weighted by Gasteiger charge is -2.05. The molecule has 11 heteroatoms. The standard InChI is InChI=1S/C17H15N3O6S2/c1-9(21)15(10(2)22)11-3-4-12(27-11)16(23)25-7-8-26-17(24)13-5-6-14(28-13)19-20-18/h3-6,21H,7-8H2,1-2H3/b15-9+. The van der Waals surface area contributed by atoms with Gasteiger partial charge in [-0.2, -0.15) is 0 Å². The Kier molecular flexibility index (Phi) is 7.33. The van der Waals surface area contributed by atoms with Gasteiger partial charge in [0, 0.05) is 9.79 Å². The van der Waals surface area contributed by atoms with Crippen LogP contribution in [0.25, 0.3) is 16.0 Å². The lowest BCUT2D eigenvalue weighted by atomic mass is 10.1.